The SMILES string of the molecule is CC(=O)C(C)(C)C(C)(C)C(C)=O.CC(C)(N)C#N. The molecule has 0 bridgehead atoms. The molecule has 0 atom stereocenters. The molecule has 0 heterocycles. The second kappa shape index (κ2) is 6.10. The second-order valence-corrected chi connectivity index (χ2v) is 6.20. The first-order chi connectivity index (χ1) is 7.70. The highest BCUT2D eigenvalue weighted by Gasteiger charge is 2.43. The van der Waals surface area contributed by atoms with Gasteiger partial charge in [-0.05, 0) is 27.7 Å². The Hall–Kier alpha value is -1.21. The number of nitriles is 1. The fourth-order valence-corrected chi connectivity index (χ4v) is 0.880. The number of nitrogens with zero attached hydrogens (tertiary/aromatic N) is 1. The normalized spacial score (nSPS) is 12.0. The van der Waals surface area contributed by atoms with Crippen molar-refractivity contribution < 1.29 is 9.59 Å². The van der Waals surface area contributed by atoms with Crippen molar-refractivity contribution in [2.75, 3.05) is 0 Å². The predicted octanol–water partition coefficient (Wildman–Crippen LogP) is 2.46. The third kappa shape index (κ3) is 5.42. The number of Topliss-reactive ketones (excluding diaryl/α,β-unsaturated/α-hetero) is 2. The molecule has 0 spiro atoms. The molecule has 4 heteroatoms. The minimum atomic E-state index is -0.653. The molecule has 0 aromatic rings. The van der Waals surface area contributed by atoms with Gasteiger partial charge < -0.3 is 5.73 Å². The summed E-state index contributed by atoms with van der Waals surface area (Å²) in [6.07, 6.45) is 0. The van der Waals surface area contributed by atoms with Crippen LogP contribution in [0.15, 0.2) is 0 Å². The number of hydrogen-bond acceptors (Lipinski definition) is 4. The highest BCUT2D eigenvalue weighted by Crippen LogP contribution is 2.39. The molecule has 0 aliphatic heterocycles. The summed E-state index contributed by atoms with van der Waals surface area (Å²) < 4.78 is 0. The highest BCUT2D eigenvalue weighted by molar-refractivity contribution is 5.92. The molecular weight excluding hydrogens is 228 g/mol. The van der Waals surface area contributed by atoms with Gasteiger partial charge in [0.05, 0.1) is 11.6 Å². The zero-order chi connectivity index (χ0) is 15.4. The van der Waals surface area contributed by atoms with Gasteiger partial charge in [-0.3, -0.25) is 9.59 Å². The van der Waals surface area contributed by atoms with Gasteiger partial charge in [-0.2, -0.15) is 5.26 Å². The van der Waals surface area contributed by atoms with E-state index in [1.54, 1.807) is 13.8 Å². The molecule has 0 saturated heterocycles. The average Bonchev–Trinajstić information content (AvgIpc) is 2.16. The van der Waals surface area contributed by atoms with E-state index < -0.39 is 16.4 Å². The van der Waals surface area contributed by atoms with Gasteiger partial charge in [-0.25, -0.2) is 0 Å². The smallest absolute Gasteiger partial charge is 0.136 e. The van der Waals surface area contributed by atoms with Gasteiger partial charge in [0.2, 0.25) is 0 Å². The molecule has 104 valence electrons. The zero-order valence-electron chi connectivity index (χ0n) is 12.8. The zero-order valence-corrected chi connectivity index (χ0v) is 12.8. The quantitative estimate of drug-likeness (QED) is 0.838. The number of carbonyl (C=O) groups is 2. The maximum absolute atomic E-state index is 11.3. The topological polar surface area (TPSA) is 83.9 Å². The van der Waals surface area contributed by atoms with E-state index in [0.29, 0.717) is 0 Å². The Bertz CT molecular complexity index is 331. The van der Waals surface area contributed by atoms with Crippen LogP contribution in [-0.4, -0.2) is 17.1 Å². The molecule has 0 aliphatic carbocycles. The largest absolute Gasteiger partial charge is 0.314 e. The van der Waals surface area contributed by atoms with Gasteiger partial charge in [0, 0.05) is 10.8 Å². The first-order valence-corrected chi connectivity index (χ1v) is 5.92. The summed E-state index contributed by atoms with van der Waals surface area (Å²) in [7, 11) is 0. The molecule has 2 N–H and O–H groups in total. The molecule has 0 unspecified atom stereocenters. The Labute approximate surface area is 111 Å². The highest BCUT2D eigenvalue weighted by atomic mass is 16.1. The molecule has 0 aliphatic rings. The standard InChI is InChI=1S/C10H18O2.C4H8N2/c1-7(11)9(3,4)10(5,6)8(2)12;1-4(2,6)3-5/h1-6H3;6H2,1-2H3. The number of carbonyl (C=O) groups excluding carboxylic acids is 2. The Morgan fingerprint density at radius 2 is 1.06 bits per heavy atom. The van der Waals surface area contributed by atoms with Crippen LogP contribution in [0.3, 0.4) is 0 Å². The molecule has 0 rings (SSSR count). The van der Waals surface area contributed by atoms with E-state index in [1.165, 1.54) is 13.8 Å². The van der Waals surface area contributed by atoms with E-state index in [-0.39, 0.29) is 11.6 Å². The van der Waals surface area contributed by atoms with Gasteiger partial charge in [0.1, 0.15) is 11.6 Å². The second-order valence-electron chi connectivity index (χ2n) is 6.20. The maximum atomic E-state index is 11.3. The summed E-state index contributed by atoms with van der Waals surface area (Å²) in [5.74, 6) is 0.116. The average molecular weight is 254 g/mol. The van der Waals surface area contributed by atoms with E-state index in [4.69, 9.17) is 11.0 Å². The van der Waals surface area contributed by atoms with Crippen LogP contribution in [0.2, 0.25) is 0 Å². The van der Waals surface area contributed by atoms with Gasteiger partial charge in [0.15, 0.2) is 0 Å². The fraction of sp³-hybridized carbons (Fsp3) is 0.786. The summed E-state index contributed by atoms with van der Waals surface area (Å²) in [5.41, 5.74) is 3.38. The first-order valence-electron chi connectivity index (χ1n) is 5.92. The number of nitrogens with two attached hydrogens (primary N) is 1. The minimum Gasteiger partial charge on any atom is -0.314 e. The monoisotopic (exact) mass is 254 g/mol. The molecule has 0 radical (unpaired) electrons. The van der Waals surface area contributed by atoms with Crippen LogP contribution in [-0.2, 0) is 9.59 Å². The summed E-state index contributed by atoms with van der Waals surface area (Å²) in [5, 5.41) is 8.03. The lowest BCUT2D eigenvalue weighted by atomic mass is 9.64. The summed E-state index contributed by atoms with van der Waals surface area (Å²) in [4.78, 5) is 22.5. The number of ketones is 2. The third-order valence-corrected chi connectivity index (χ3v) is 3.61. The van der Waals surface area contributed by atoms with Crippen LogP contribution in [0.25, 0.3) is 0 Å². The lowest BCUT2D eigenvalue weighted by Crippen LogP contribution is -2.43. The van der Waals surface area contributed by atoms with Gasteiger partial charge in [-0.1, -0.05) is 27.7 Å². The van der Waals surface area contributed by atoms with Crippen molar-refractivity contribution in [2.24, 2.45) is 16.6 Å². The van der Waals surface area contributed by atoms with Gasteiger partial charge in [-0.15, -0.1) is 0 Å². The van der Waals surface area contributed by atoms with Crippen molar-refractivity contribution in [2.45, 2.75) is 60.9 Å². The van der Waals surface area contributed by atoms with Crippen molar-refractivity contribution in [1.29, 1.82) is 5.26 Å². The molecule has 0 saturated carbocycles. The molecule has 0 fully saturated rings. The van der Waals surface area contributed by atoms with Gasteiger partial charge >= 0.3 is 0 Å². The van der Waals surface area contributed by atoms with Crippen LogP contribution in [0, 0.1) is 22.2 Å². The van der Waals surface area contributed by atoms with Crippen LogP contribution in [0.4, 0.5) is 0 Å². The van der Waals surface area contributed by atoms with E-state index in [9.17, 15) is 9.59 Å². The van der Waals surface area contributed by atoms with E-state index in [1.807, 2.05) is 33.8 Å². The Balaban J connectivity index is 0. The molecular formula is C14H26N2O2. The van der Waals surface area contributed by atoms with Gasteiger partial charge in [0.25, 0.3) is 0 Å². The summed E-state index contributed by atoms with van der Waals surface area (Å²) >= 11 is 0. The summed E-state index contributed by atoms with van der Waals surface area (Å²) in [6.45, 7) is 13.6. The van der Waals surface area contributed by atoms with Crippen molar-refractivity contribution in [1.82, 2.24) is 0 Å². The lowest BCUT2D eigenvalue weighted by Gasteiger charge is -2.37. The van der Waals surface area contributed by atoms with Crippen molar-refractivity contribution in [3.63, 3.8) is 0 Å². The number of rotatable bonds is 3. The predicted molar refractivity (Wildman–Crippen MR) is 72.8 cm³/mol. The lowest BCUT2D eigenvalue weighted by molar-refractivity contribution is -0.141. The summed E-state index contributed by atoms with van der Waals surface area (Å²) in [6, 6.07) is 1.88. The van der Waals surface area contributed by atoms with E-state index in [0.717, 1.165) is 0 Å². The van der Waals surface area contributed by atoms with Crippen LogP contribution >= 0.6 is 0 Å². The van der Waals surface area contributed by atoms with Crippen LogP contribution in [0.5, 0.6) is 0 Å². The Kier molecular flexibility index (Phi) is 6.49. The molecule has 0 aromatic heterocycles. The van der Waals surface area contributed by atoms with Crippen LogP contribution in [0.1, 0.15) is 55.4 Å². The van der Waals surface area contributed by atoms with Crippen molar-refractivity contribution in [3.8, 4) is 6.07 Å². The fourth-order valence-electron chi connectivity index (χ4n) is 0.880. The first kappa shape index (κ1) is 19.1. The minimum absolute atomic E-state index is 0.0581. The third-order valence-electron chi connectivity index (χ3n) is 3.61. The van der Waals surface area contributed by atoms with Crippen molar-refractivity contribution in [3.05, 3.63) is 0 Å². The van der Waals surface area contributed by atoms with E-state index in [2.05, 4.69) is 0 Å². The molecule has 18 heavy (non-hydrogen) atoms. The maximum Gasteiger partial charge on any atom is 0.136 e. The Morgan fingerprint density at radius 1 is 0.889 bits per heavy atom. The van der Waals surface area contributed by atoms with E-state index >= 15 is 0 Å². The van der Waals surface area contributed by atoms with Crippen LogP contribution < -0.4 is 5.73 Å². The Morgan fingerprint density at radius 3 is 1.11 bits per heavy atom. The molecule has 4 nitrogen and oxygen atoms in total. The number of hydrogen-bond donors (Lipinski definition) is 1. The van der Waals surface area contributed by atoms with Crippen molar-refractivity contribution >= 4 is 11.6 Å². The molecule has 0 amide bonds. The molecule has 0 aromatic carbocycles.